The van der Waals surface area contributed by atoms with Gasteiger partial charge in [0.05, 0.1) is 21.8 Å². The number of piperazine rings is 1. The number of fused-ring (bicyclic) bond motifs is 1. The number of amides is 2. The van der Waals surface area contributed by atoms with Crippen LogP contribution < -0.4 is 11.1 Å². The number of nitrogens with two attached hydrogens (primary N) is 1. The van der Waals surface area contributed by atoms with Gasteiger partial charge in [-0.1, -0.05) is 50.4 Å². The lowest BCUT2D eigenvalue weighted by Crippen LogP contribution is -2.62. The van der Waals surface area contributed by atoms with Crippen molar-refractivity contribution in [3.8, 4) is 0 Å². The summed E-state index contributed by atoms with van der Waals surface area (Å²) in [5.74, 6) is 0.512. The number of hydrogen-bond donors (Lipinski definition) is 2. The fourth-order valence-electron chi connectivity index (χ4n) is 4.98. The smallest absolute Gasteiger partial charge is 0.315 e. The number of nitrogens with one attached hydrogen (secondary N) is 1. The summed E-state index contributed by atoms with van der Waals surface area (Å²) in [5, 5.41) is 3.80. The largest absolute Gasteiger partial charge is 0.351 e. The summed E-state index contributed by atoms with van der Waals surface area (Å²) in [4.78, 5) is 25.4. The molecule has 4 rings (SSSR count). The van der Waals surface area contributed by atoms with Gasteiger partial charge in [0.15, 0.2) is 5.82 Å². The van der Waals surface area contributed by atoms with E-state index in [1.54, 1.807) is 17.0 Å². The molecule has 0 saturated carbocycles. The van der Waals surface area contributed by atoms with E-state index in [2.05, 4.69) is 34.0 Å². The lowest BCUT2D eigenvalue weighted by Gasteiger charge is -2.49. The molecule has 1 atom stereocenters. The Balaban J connectivity index is 1.74. The van der Waals surface area contributed by atoms with Crippen molar-refractivity contribution >= 4 is 40.0 Å². The SMILES string of the molecule is CCC(CC)CN1CCN(C(N)=O)[C@](C)(c2ccc3ncnc(Nc4cccc(Cl)c4F)c3c2)C1. The second-order valence-corrected chi connectivity index (χ2v) is 9.77. The minimum absolute atomic E-state index is 0.0263. The molecular formula is C26H32ClFN6O. The Labute approximate surface area is 210 Å². The number of halogens is 2. The number of carbonyl (C=O) groups excluding carboxylic acids is 1. The van der Waals surface area contributed by atoms with Crippen molar-refractivity contribution in [2.24, 2.45) is 11.7 Å². The average molecular weight is 499 g/mol. The van der Waals surface area contributed by atoms with Gasteiger partial charge >= 0.3 is 6.03 Å². The van der Waals surface area contributed by atoms with E-state index in [-0.39, 0.29) is 10.7 Å². The number of urea groups is 1. The maximum atomic E-state index is 14.6. The van der Waals surface area contributed by atoms with Gasteiger partial charge in [0.25, 0.3) is 0 Å². The molecule has 3 aromatic rings. The van der Waals surface area contributed by atoms with Crippen molar-refractivity contribution in [1.29, 1.82) is 0 Å². The van der Waals surface area contributed by atoms with Crippen LogP contribution in [0.2, 0.25) is 5.02 Å². The number of benzene rings is 2. The quantitative estimate of drug-likeness (QED) is 0.448. The van der Waals surface area contributed by atoms with Gasteiger partial charge in [-0.05, 0) is 42.7 Å². The molecule has 1 aromatic heterocycles. The number of nitrogens with zero attached hydrogens (tertiary/aromatic N) is 4. The van der Waals surface area contributed by atoms with Gasteiger partial charge in [-0.25, -0.2) is 19.2 Å². The molecule has 0 radical (unpaired) electrons. The van der Waals surface area contributed by atoms with E-state index in [1.165, 1.54) is 12.4 Å². The van der Waals surface area contributed by atoms with E-state index in [4.69, 9.17) is 17.3 Å². The summed E-state index contributed by atoms with van der Waals surface area (Å²) in [5.41, 5.74) is 7.04. The molecule has 7 nitrogen and oxygen atoms in total. The topological polar surface area (TPSA) is 87.4 Å². The lowest BCUT2D eigenvalue weighted by atomic mass is 9.86. The number of anilines is 2. The molecule has 1 fully saturated rings. The highest BCUT2D eigenvalue weighted by atomic mass is 35.5. The molecule has 3 N–H and O–H groups in total. The standard InChI is InChI=1S/C26H32ClFN6O/c1-4-17(5-2)14-33-11-12-34(25(29)35)26(3,15-33)18-9-10-21-19(13-18)24(31-16-30-21)32-22-8-6-7-20(27)23(22)28/h6-10,13,16-17H,4-5,11-12,14-15H2,1-3H3,(H2,29,35)(H,30,31,32)/t26-/m0/s1. The Morgan fingerprint density at radius 3 is 2.71 bits per heavy atom. The van der Waals surface area contributed by atoms with Crippen LogP contribution in [0.25, 0.3) is 10.9 Å². The average Bonchev–Trinajstić information content (AvgIpc) is 2.85. The summed E-state index contributed by atoms with van der Waals surface area (Å²) in [6.07, 6.45) is 3.67. The summed E-state index contributed by atoms with van der Waals surface area (Å²) in [6.45, 7) is 9.46. The molecule has 1 aliphatic heterocycles. The number of primary amides is 1. The molecule has 9 heteroatoms. The molecule has 0 spiro atoms. The fourth-order valence-corrected chi connectivity index (χ4v) is 5.15. The van der Waals surface area contributed by atoms with Crippen LogP contribution in [0.15, 0.2) is 42.7 Å². The molecule has 2 heterocycles. The molecular weight excluding hydrogens is 467 g/mol. The molecule has 1 saturated heterocycles. The third kappa shape index (κ3) is 5.04. The monoisotopic (exact) mass is 498 g/mol. The van der Waals surface area contributed by atoms with Crippen LogP contribution in [0, 0.1) is 11.7 Å². The van der Waals surface area contributed by atoms with Crippen LogP contribution >= 0.6 is 11.6 Å². The predicted octanol–water partition coefficient (Wildman–Crippen LogP) is 5.51. The van der Waals surface area contributed by atoms with E-state index in [0.717, 1.165) is 31.5 Å². The first kappa shape index (κ1) is 25.1. The van der Waals surface area contributed by atoms with Gasteiger partial charge in [-0.15, -0.1) is 0 Å². The van der Waals surface area contributed by atoms with Gasteiger partial charge < -0.3 is 16.0 Å². The summed E-state index contributed by atoms with van der Waals surface area (Å²) < 4.78 is 14.6. The van der Waals surface area contributed by atoms with Gasteiger partial charge in [-0.2, -0.15) is 0 Å². The summed E-state index contributed by atoms with van der Waals surface area (Å²) >= 11 is 5.96. The van der Waals surface area contributed by atoms with Gasteiger partial charge in [-0.3, -0.25) is 4.90 Å². The maximum Gasteiger partial charge on any atom is 0.315 e. The van der Waals surface area contributed by atoms with E-state index in [0.29, 0.717) is 35.7 Å². The van der Waals surface area contributed by atoms with Crippen LogP contribution in [0.1, 0.15) is 39.2 Å². The van der Waals surface area contributed by atoms with Crippen molar-refractivity contribution in [3.05, 3.63) is 59.1 Å². The Hall–Kier alpha value is -2.97. The first-order valence-corrected chi connectivity index (χ1v) is 12.4. The van der Waals surface area contributed by atoms with E-state index < -0.39 is 17.4 Å². The van der Waals surface area contributed by atoms with Crippen LogP contribution in [-0.4, -0.2) is 52.0 Å². The highest BCUT2D eigenvalue weighted by molar-refractivity contribution is 6.31. The van der Waals surface area contributed by atoms with Crippen molar-refractivity contribution in [1.82, 2.24) is 19.8 Å². The number of hydrogen-bond acceptors (Lipinski definition) is 5. The van der Waals surface area contributed by atoms with Crippen molar-refractivity contribution in [2.45, 2.75) is 39.2 Å². The van der Waals surface area contributed by atoms with Crippen LogP contribution in [-0.2, 0) is 5.54 Å². The van der Waals surface area contributed by atoms with Crippen molar-refractivity contribution in [3.63, 3.8) is 0 Å². The predicted molar refractivity (Wildman–Crippen MR) is 138 cm³/mol. The Morgan fingerprint density at radius 2 is 2.00 bits per heavy atom. The molecule has 0 unspecified atom stereocenters. The van der Waals surface area contributed by atoms with E-state index in [9.17, 15) is 9.18 Å². The van der Waals surface area contributed by atoms with Crippen LogP contribution in [0.3, 0.4) is 0 Å². The Kier molecular flexibility index (Phi) is 7.42. The highest BCUT2D eigenvalue weighted by Gasteiger charge is 2.41. The Bertz CT molecular complexity index is 1220. The third-order valence-corrected chi connectivity index (χ3v) is 7.46. The first-order valence-electron chi connectivity index (χ1n) is 12.0. The fraction of sp³-hybridized carbons (Fsp3) is 0.423. The minimum atomic E-state index is -0.640. The summed E-state index contributed by atoms with van der Waals surface area (Å²) in [6, 6.07) is 10.2. The van der Waals surface area contributed by atoms with E-state index >= 15 is 0 Å². The first-order chi connectivity index (χ1) is 16.8. The highest BCUT2D eigenvalue weighted by Crippen LogP contribution is 2.36. The summed E-state index contributed by atoms with van der Waals surface area (Å²) in [7, 11) is 0. The zero-order valence-corrected chi connectivity index (χ0v) is 21.1. The number of rotatable bonds is 7. The normalized spacial score (nSPS) is 18.9. The Morgan fingerprint density at radius 1 is 1.23 bits per heavy atom. The molecule has 0 bridgehead atoms. The second-order valence-electron chi connectivity index (χ2n) is 9.36. The third-order valence-electron chi connectivity index (χ3n) is 7.17. The lowest BCUT2D eigenvalue weighted by molar-refractivity contribution is 0.0284. The zero-order chi connectivity index (χ0) is 25.2. The molecule has 35 heavy (non-hydrogen) atoms. The maximum absolute atomic E-state index is 14.6. The minimum Gasteiger partial charge on any atom is -0.351 e. The number of aromatic nitrogens is 2. The number of carbonyl (C=O) groups is 1. The molecule has 0 aliphatic carbocycles. The molecule has 186 valence electrons. The van der Waals surface area contributed by atoms with Gasteiger partial charge in [0.1, 0.15) is 12.1 Å². The van der Waals surface area contributed by atoms with Crippen LogP contribution in [0.5, 0.6) is 0 Å². The zero-order valence-electron chi connectivity index (χ0n) is 20.4. The van der Waals surface area contributed by atoms with Crippen molar-refractivity contribution in [2.75, 3.05) is 31.5 Å². The van der Waals surface area contributed by atoms with Gasteiger partial charge in [0, 0.05) is 31.6 Å². The van der Waals surface area contributed by atoms with Crippen LogP contribution in [0.4, 0.5) is 20.7 Å². The van der Waals surface area contributed by atoms with Gasteiger partial charge in [0.2, 0.25) is 0 Å². The molecule has 2 aromatic carbocycles. The van der Waals surface area contributed by atoms with E-state index in [1.807, 2.05) is 25.1 Å². The molecule has 1 aliphatic rings. The molecule has 2 amide bonds. The second kappa shape index (κ2) is 10.3. The van der Waals surface area contributed by atoms with Crippen molar-refractivity contribution < 1.29 is 9.18 Å².